The van der Waals surface area contributed by atoms with Crippen molar-refractivity contribution in [1.82, 2.24) is 0 Å². The summed E-state index contributed by atoms with van der Waals surface area (Å²) in [5.41, 5.74) is 1.15. The van der Waals surface area contributed by atoms with Crippen LogP contribution < -0.4 is 5.63 Å². The monoisotopic (exact) mass is 540 g/mol. The number of fused-ring (bicyclic) bond motifs is 3. The third-order valence-corrected chi connectivity index (χ3v) is 12.0. The number of carboxylic acids is 1. The van der Waals surface area contributed by atoms with Crippen LogP contribution in [-0.4, -0.2) is 34.9 Å². The summed E-state index contributed by atoms with van der Waals surface area (Å²) in [5.74, 6) is 1.33. The lowest BCUT2D eigenvalue weighted by Crippen LogP contribution is -2.58. The van der Waals surface area contributed by atoms with E-state index >= 15 is 0 Å². The van der Waals surface area contributed by atoms with Crippen LogP contribution in [-0.2, 0) is 19.1 Å². The predicted octanol–water partition coefficient (Wildman–Crippen LogP) is 6.23. The minimum atomic E-state index is -0.755. The SMILES string of the molecule is C[C@]12CC[C@H](OC(=O)CCCCCCC(=O)O)C[C@H]1CC[C@@H]1[C@@H]2CC[C@]2(C)[C@@H](c3ccc(=O)oc3)C[C@H]3O[C@]132. The molecule has 9 atom stereocenters. The highest BCUT2D eigenvalue weighted by atomic mass is 16.6. The Morgan fingerprint density at radius 2 is 1.77 bits per heavy atom. The van der Waals surface area contributed by atoms with E-state index in [0.717, 1.165) is 56.9 Å². The van der Waals surface area contributed by atoms with E-state index in [-0.39, 0.29) is 40.6 Å². The van der Waals surface area contributed by atoms with Crippen molar-refractivity contribution in [3.05, 3.63) is 34.4 Å². The molecule has 5 fully saturated rings. The minimum Gasteiger partial charge on any atom is -0.481 e. The molecule has 6 rings (SSSR count). The Hall–Kier alpha value is -2.15. The average Bonchev–Trinajstić information content (AvgIpc) is 3.56. The average molecular weight is 541 g/mol. The second-order valence-corrected chi connectivity index (χ2v) is 13.7. The number of unbranched alkanes of at least 4 members (excludes halogenated alkanes) is 3. The number of hydrogen-bond acceptors (Lipinski definition) is 6. The van der Waals surface area contributed by atoms with Gasteiger partial charge in [0.25, 0.3) is 0 Å². The molecule has 1 aliphatic heterocycles. The summed E-state index contributed by atoms with van der Waals surface area (Å²) < 4.78 is 17.9. The topological polar surface area (TPSA) is 106 Å². The maximum Gasteiger partial charge on any atom is 0.335 e. The first-order valence-electron chi connectivity index (χ1n) is 15.4. The Morgan fingerprint density at radius 1 is 0.974 bits per heavy atom. The first kappa shape index (κ1) is 27.0. The number of carbonyl (C=O) groups excluding carboxylic acids is 1. The number of epoxide rings is 1. The number of aliphatic carboxylic acids is 1. The van der Waals surface area contributed by atoms with Crippen molar-refractivity contribution in [2.24, 2.45) is 28.6 Å². The van der Waals surface area contributed by atoms with Gasteiger partial charge in [-0.25, -0.2) is 4.79 Å². The number of ether oxygens (including phenoxy) is 2. The number of carbonyl (C=O) groups is 2. The van der Waals surface area contributed by atoms with Crippen molar-refractivity contribution in [2.75, 3.05) is 0 Å². The molecule has 214 valence electrons. The van der Waals surface area contributed by atoms with Crippen molar-refractivity contribution >= 4 is 11.9 Å². The van der Waals surface area contributed by atoms with Crippen LogP contribution in [0.25, 0.3) is 0 Å². The van der Waals surface area contributed by atoms with Gasteiger partial charge >= 0.3 is 17.6 Å². The van der Waals surface area contributed by atoms with Crippen molar-refractivity contribution in [2.45, 2.75) is 127 Å². The van der Waals surface area contributed by atoms with Crippen molar-refractivity contribution in [1.29, 1.82) is 0 Å². The van der Waals surface area contributed by atoms with Crippen LogP contribution in [0.2, 0.25) is 0 Å². The third kappa shape index (κ3) is 4.47. The normalized spacial score (nSPS) is 42.0. The maximum absolute atomic E-state index is 12.5. The summed E-state index contributed by atoms with van der Waals surface area (Å²) >= 11 is 0. The molecule has 4 aliphatic carbocycles. The molecule has 39 heavy (non-hydrogen) atoms. The van der Waals surface area contributed by atoms with Gasteiger partial charge in [-0.3, -0.25) is 9.59 Å². The highest BCUT2D eigenvalue weighted by molar-refractivity contribution is 5.69. The van der Waals surface area contributed by atoms with Crippen LogP contribution in [0, 0.1) is 28.6 Å². The molecule has 0 bridgehead atoms. The fourth-order valence-corrected chi connectivity index (χ4v) is 9.97. The van der Waals surface area contributed by atoms with Gasteiger partial charge in [-0.15, -0.1) is 0 Å². The molecule has 5 aliphatic rings. The van der Waals surface area contributed by atoms with Gasteiger partial charge in [0.1, 0.15) is 11.7 Å². The van der Waals surface area contributed by atoms with Gasteiger partial charge in [0.15, 0.2) is 0 Å². The number of esters is 1. The lowest BCUT2D eigenvalue weighted by molar-refractivity contribution is -0.164. The van der Waals surface area contributed by atoms with Crippen molar-refractivity contribution in [3.63, 3.8) is 0 Å². The predicted molar refractivity (Wildman–Crippen MR) is 144 cm³/mol. The molecule has 0 radical (unpaired) electrons. The number of hydrogen-bond donors (Lipinski definition) is 1. The van der Waals surface area contributed by atoms with Crippen LogP contribution in [0.4, 0.5) is 0 Å². The number of rotatable bonds is 9. The number of carboxylic acid groups (broad SMARTS) is 1. The van der Waals surface area contributed by atoms with Gasteiger partial charge in [-0.05, 0) is 105 Å². The molecule has 1 saturated heterocycles. The summed E-state index contributed by atoms with van der Waals surface area (Å²) in [6.45, 7) is 4.95. The van der Waals surface area contributed by atoms with Gasteiger partial charge in [0.05, 0.1) is 12.4 Å². The third-order valence-electron chi connectivity index (χ3n) is 12.0. The fourth-order valence-electron chi connectivity index (χ4n) is 9.97. The zero-order valence-corrected chi connectivity index (χ0v) is 23.5. The molecule has 0 unspecified atom stereocenters. The largest absolute Gasteiger partial charge is 0.481 e. The Balaban J connectivity index is 1.06. The van der Waals surface area contributed by atoms with Crippen molar-refractivity contribution in [3.8, 4) is 0 Å². The van der Waals surface area contributed by atoms with Crippen molar-refractivity contribution < 1.29 is 28.6 Å². The summed E-state index contributed by atoms with van der Waals surface area (Å²) in [6, 6.07) is 3.52. The highest BCUT2D eigenvalue weighted by Gasteiger charge is 2.80. The summed E-state index contributed by atoms with van der Waals surface area (Å²) in [5, 5.41) is 8.74. The van der Waals surface area contributed by atoms with Crippen LogP contribution in [0.5, 0.6) is 0 Å². The van der Waals surface area contributed by atoms with E-state index in [1.807, 2.05) is 6.07 Å². The van der Waals surface area contributed by atoms with Crippen LogP contribution in [0.3, 0.4) is 0 Å². The molecule has 1 spiro atoms. The maximum atomic E-state index is 12.5. The molecular weight excluding hydrogens is 496 g/mol. The van der Waals surface area contributed by atoms with Crippen LogP contribution >= 0.6 is 0 Å². The Bertz CT molecular complexity index is 1140. The molecule has 2 heterocycles. The quantitative estimate of drug-likeness (QED) is 0.225. The fraction of sp³-hybridized carbons (Fsp3) is 0.781. The molecule has 0 amide bonds. The summed E-state index contributed by atoms with van der Waals surface area (Å²) in [7, 11) is 0. The first-order chi connectivity index (χ1) is 18.7. The standard InChI is InChI=1S/C32H44O7/c1-30-15-13-22(38-29(36)8-6-4-3-5-7-27(33)34)17-21(30)10-11-24-23(30)14-16-31(2)25(18-26-32(24,31)39-26)20-9-12-28(35)37-19-20/h9,12,19,21-26H,3-8,10-11,13-18H2,1-2H3,(H,33,34)/t21-,22+,23+,24-,25-,26-,30+,31-,32-/m1/s1. The van der Waals surface area contributed by atoms with E-state index in [1.165, 1.54) is 19.3 Å². The Kier molecular flexibility index (Phi) is 6.96. The van der Waals surface area contributed by atoms with Crippen LogP contribution in [0.15, 0.2) is 27.6 Å². The van der Waals surface area contributed by atoms with Gasteiger partial charge in [-0.2, -0.15) is 0 Å². The zero-order valence-electron chi connectivity index (χ0n) is 23.5. The second-order valence-electron chi connectivity index (χ2n) is 13.7. The molecular formula is C32H44O7. The van der Waals surface area contributed by atoms with E-state index in [2.05, 4.69) is 13.8 Å². The minimum absolute atomic E-state index is 0.0275. The van der Waals surface area contributed by atoms with E-state index in [4.69, 9.17) is 19.0 Å². The van der Waals surface area contributed by atoms with E-state index in [1.54, 1.807) is 12.3 Å². The van der Waals surface area contributed by atoms with Gasteiger partial charge in [0.2, 0.25) is 0 Å². The Morgan fingerprint density at radius 3 is 2.51 bits per heavy atom. The molecule has 1 aromatic rings. The molecule has 7 heteroatoms. The Labute approximate surface area is 231 Å². The van der Waals surface area contributed by atoms with E-state index < -0.39 is 5.97 Å². The van der Waals surface area contributed by atoms with Gasteiger partial charge in [0, 0.05) is 24.3 Å². The summed E-state index contributed by atoms with van der Waals surface area (Å²) in [4.78, 5) is 34.7. The zero-order chi connectivity index (χ0) is 27.4. The van der Waals surface area contributed by atoms with Crippen LogP contribution in [0.1, 0.15) is 115 Å². The van der Waals surface area contributed by atoms with Gasteiger partial charge in [-0.1, -0.05) is 26.7 Å². The lowest BCUT2D eigenvalue weighted by atomic mass is 9.44. The molecule has 1 aromatic heterocycles. The lowest BCUT2D eigenvalue weighted by Gasteiger charge is -2.61. The molecule has 4 saturated carbocycles. The van der Waals surface area contributed by atoms with Gasteiger partial charge < -0.3 is 19.0 Å². The molecule has 1 N–H and O–H groups in total. The highest BCUT2D eigenvalue weighted by Crippen LogP contribution is 2.78. The smallest absolute Gasteiger partial charge is 0.335 e. The van der Waals surface area contributed by atoms with E-state index in [0.29, 0.717) is 42.6 Å². The molecule has 0 aromatic carbocycles. The summed E-state index contributed by atoms with van der Waals surface area (Å²) in [6.07, 6.45) is 14.6. The first-order valence-corrected chi connectivity index (χ1v) is 15.4. The van der Waals surface area contributed by atoms with E-state index in [9.17, 15) is 14.4 Å². The second kappa shape index (κ2) is 10.0. The molecule has 7 nitrogen and oxygen atoms in total.